The van der Waals surface area contributed by atoms with Gasteiger partial charge in [-0.05, 0) is 22.0 Å². The average Bonchev–Trinajstić information content (AvgIpc) is 2.43. The second-order valence-electron chi connectivity index (χ2n) is 4.86. The molecule has 0 saturated carbocycles. The lowest BCUT2D eigenvalue weighted by atomic mass is 9.90. The van der Waals surface area contributed by atoms with E-state index in [9.17, 15) is 19.5 Å². The highest BCUT2D eigenvalue weighted by molar-refractivity contribution is 9.10. The van der Waals surface area contributed by atoms with Crippen molar-refractivity contribution in [2.24, 2.45) is 0 Å². The molecule has 7 nitrogen and oxygen atoms in total. The Bertz CT molecular complexity index is 607. The molecule has 2 rings (SSSR count). The predicted octanol–water partition coefficient (Wildman–Crippen LogP) is 0.361. The second-order valence-corrected chi connectivity index (χ2v) is 5.78. The molecule has 1 aliphatic rings. The number of carbonyl (C=O) groups excluding carboxylic acids is 1. The van der Waals surface area contributed by atoms with Crippen LogP contribution in [0.4, 0.5) is 0 Å². The molecule has 1 aliphatic heterocycles. The van der Waals surface area contributed by atoms with Crippen molar-refractivity contribution in [1.29, 1.82) is 0 Å². The van der Waals surface area contributed by atoms with E-state index in [1.807, 2.05) is 0 Å². The van der Waals surface area contributed by atoms with Crippen molar-refractivity contribution in [3.05, 3.63) is 33.2 Å². The lowest BCUT2D eigenvalue weighted by Crippen LogP contribution is -2.58. The molecule has 1 saturated heterocycles. The van der Waals surface area contributed by atoms with Crippen LogP contribution in [-0.2, 0) is 20.9 Å². The van der Waals surface area contributed by atoms with E-state index in [4.69, 9.17) is 4.74 Å². The fraction of sp³-hybridized carbons (Fsp3) is 0.462. The van der Waals surface area contributed by atoms with Crippen LogP contribution in [0.5, 0.6) is 0 Å². The number of pyridine rings is 1. The minimum atomic E-state index is -1.31. The zero-order chi connectivity index (χ0) is 15.5. The summed E-state index contributed by atoms with van der Waals surface area (Å²) in [5, 5.41) is 11.9. The molecule has 0 aliphatic carbocycles. The van der Waals surface area contributed by atoms with Crippen molar-refractivity contribution in [1.82, 2.24) is 9.88 Å². The highest BCUT2D eigenvalue weighted by Crippen LogP contribution is 2.21. The van der Waals surface area contributed by atoms with Crippen molar-refractivity contribution >= 4 is 27.8 Å². The van der Waals surface area contributed by atoms with Gasteiger partial charge in [-0.1, -0.05) is 0 Å². The third-order valence-corrected chi connectivity index (χ3v) is 3.86. The SMILES string of the molecule is O=C(Cn1cc(Br)ccc1=O)NC1(C(=O)O)CCOCC1. The van der Waals surface area contributed by atoms with Gasteiger partial charge in [0.2, 0.25) is 5.91 Å². The van der Waals surface area contributed by atoms with Gasteiger partial charge in [-0.15, -0.1) is 0 Å². The van der Waals surface area contributed by atoms with Crippen molar-refractivity contribution in [2.45, 2.75) is 24.9 Å². The Morgan fingerprint density at radius 1 is 1.38 bits per heavy atom. The van der Waals surface area contributed by atoms with E-state index in [0.29, 0.717) is 4.47 Å². The summed E-state index contributed by atoms with van der Waals surface area (Å²) in [6.45, 7) is 0.334. The zero-order valence-corrected chi connectivity index (χ0v) is 12.8. The van der Waals surface area contributed by atoms with Gasteiger partial charge in [-0.25, -0.2) is 4.79 Å². The summed E-state index contributed by atoms with van der Waals surface area (Å²) in [4.78, 5) is 35.1. The third kappa shape index (κ3) is 3.70. The van der Waals surface area contributed by atoms with Gasteiger partial charge >= 0.3 is 5.97 Å². The summed E-state index contributed by atoms with van der Waals surface area (Å²) in [7, 11) is 0. The minimum Gasteiger partial charge on any atom is -0.480 e. The van der Waals surface area contributed by atoms with Gasteiger partial charge < -0.3 is 19.7 Å². The molecule has 1 aromatic rings. The Kier molecular flexibility index (Phi) is 4.79. The van der Waals surface area contributed by atoms with Gasteiger partial charge in [-0.3, -0.25) is 9.59 Å². The third-order valence-electron chi connectivity index (χ3n) is 3.40. The monoisotopic (exact) mass is 358 g/mol. The molecular formula is C13H15BrN2O5. The van der Waals surface area contributed by atoms with Gasteiger partial charge in [0.15, 0.2) is 0 Å². The van der Waals surface area contributed by atoms with E-state index < -0.39 is 17.4 Å². The van der Waals surface area contributed by atoms with E-state index in [1.165, 1.54) is 16.8 Å². The largest absolute Gasteiger partial charge is 0.480 e. The molecule has 1 fully saturated rings. The summed E-state index contributed by atoms with van der Waals surface area (Å²) in [5.41, 5.74) is -1.64. The number of aliphatic carboxylic acids is 1. The first kappa shape index (κ1) is 15.7. The molecule has 21 heavy (non-hydrogen) atoms. The number of carboxylic acids is 1. The lowest BCUT2D eigenvalue weighted by Gasteiger charge is -2.33. The Morgan fingerprint density at radius 2 is 2.05 bits per heavy atom. The highest BCUT2D eigenvalue weighted by Gasteiger charge is 2.41. The van der Waals surface area contributed by atoms with Crippen LogP contribution < -0.4 is 10.9 Å². The number of halogens is 1. The van der Waals surface area contributed by atoms with Crippen molar-refractivity contribution in [3.63, 3.8) is 0 Å². The molecule has 114 valence electrons. The number of amides is 1. The maximum atomic E-state index is 12.1. The van der Waals surface area contributed by atoms with Crippen molar-refractivity contribution in [3.8, 4) is 0 Å². The quantitative estimate of drug-likeness (QED) is 0.809. The van der Waals surface area contributed by atoms with Gasteiger partial charge in [0, 0.05) is 42.8 Å². The van der Waals surface area contributed by atoms with Crippen molar-refractivity contribution in [2.75, 3.05) is 13.2 Å². The minimum absolute atomic E-state index is 0.210. The van der Waals surface area contributed by atoms with E-state index in [1.54, 1.807) is 6.07 Å². The van der Waals surface area contributed by atoms with Gasteiger partial charge in [0.1, 0.15) is 12.1 Å². The van der Waals surface area contributed by atoms with Crippen LogP contribution >= 0.6 is 15.9 Å². The van der Waals surface area contributed by atoms with E-state index >= 15 is 0 Å². The van der Waals surface area contributed by atoms with Crippen LogP contribution in [-0.4, -0.2) is 40.3 Å². The molecule has 0 aromatic carbocycles. The van der Waals surface area contributed by atoms with Crippen LogP contribution in [0.15, 0.2) is 27.6 Å². The number of hydrogen-bond acceptors (Lipinski definition) is 4. The van der Waals surface area contributed by atoms with E-state index in [2.05, 4.69) is 21.2 Å². The average molecular weight is 359 g/mol. The zero-order valence-electron chi connectivity index (χ0n) is 11.2. The molecular weight excluding hydrogens is 344 g/mol. The summed E-state index contributed by atoms with van der Waals surface area (Å²) in [5.74, 6) is -1.60. The normalized spacial score (nSPS) is 17.2. The fourth-order valence-electron chi connectivity index (χ4n) is 2.20. The number of aromatic nitrogens is 1. The Labute approximate surface area is 129 Å². The Hall–Kier alpha value is -1.67. The first-order chi connectivity index (χ1) is 9.93. The summed E-state index contributed by atoms with van der Waals surface area (Å²) in [6, 6.07) is 2.91. The number of ether oxygens (including phenoxy) is 1. The molecule has 0 radical (unpaired) electrons. The summed E-state index contributed by atoms with van der Waals surface area (Å²) < 4.78 is 7.01. The van der Waals surface area contributed by atoms with Crippen LogP contribution in [0.3, 0.4) is 0 Å². The van der Waals surface area contributed by atoms with E-state index in [-0.39, 0.29) is 38.2 Å². The van der Waals surface area contributed by atoms with Crippen LogP contribution in [0.25, 0.3) is 0 Å². The summed E-state index contributed by atoms with van der Waals surface area (Å²) >= 11 is 3.22. The first-order valence-electron chi connectivity index (χ1n) is 6.41. The highest BCUT2D eigenvalue weighted by atomic mass is 79.9. The molecule has 1 aromatic heterocycles. The van der Waals surface area contributed by atoms with Crippen LogP contribution in [0.1, 0.15) is 12.8 Å². The second kappa shape index (κ2) is 6.40. The molecule has 8 heteroatoms. The predicted molar refractivity (Wildman–Crippen MR) is 77.0 cm³/mol. The van der Waals surface area contributed by atoms with Gasteiger partial charge in [-0.2, -0.15) is 0 Å². The topological polar surface area (TPSA) is 97.6 Å². The Balaban J connectivity index is 2.11. The molecule has 0 spiro atoms. The van der Waals surface area contributed by atoms with E-state index in [0.717, 1.165) is 0 Å². The number of nitrogens with zero attached hydrogens (tertiary/aromatic N) is 1. The van der Waals surface area contributed by atoms with Crippen LogP contribution in [0.2, 0.25) is 0 Å². The molecule has 2 heterocycles. The van der Waals surface area contributed by atoms with Crippen molar-refractivity contribution < 1.29 is 19.4 Å². The van der Waals surface area contributed by atoms with Gasteiger partial charge in [0.25, 0.3) is 5.56 Å². The Morgan fingerprint density at radius 3 is 2.67 bits per heavy atom. The molecule has 1 amide bonds. The number of hydrogen-bond donors (Lipinski definition) is 2. The lowest BCUT2D eigenvalue weighted by molar-refractivity contribution is -0.152. The number of rotatable bonds is 4. The molecule has 0 atom stereocenters. The maximum Gasteiger partial charge on any atom is 0.329 e. The number of carbonyl (C=O) groups is 2. The molecule has 2 N–H and O–H groups in total. The molecule has 0 unspecified atom stereocenters. The first-order valence-corrected chi connectivity index (χ1v) is 7.20. The molecule has 0 bridgehead atoms. The van der Waals surface area contributed by atoms with Crippen LogP contribution in [0, 0.1) is 0 Å². The smallest absolute Gasteiger partial charge is 0.329 e. The fourth-order valence-corrected chi connectivity index (χ4v) is 2.58. The maximum absolute atomic E-state index is 12.1. The standard InChI is InChI=1S/C13H15BrN2O5/c14-9-1-2-11(18)16(7-9)8-10(17)15-13(12(19)20)3-5-21-6-4-13/h1-2,7H,3-6,8H2,(H,15,17)(H,19,20). The summed E-state index contributed by atoms with van der Waals surface area (Å²) in [6.07, 6.45) is 1.91. The number of nitrogens with one attached hydrogen (secondary N) is 1. The van der Waals surface area contributed by atoms with Gasteiger partial charge in [0.05, 0.1) is 0 Å². The number of carboxylic acid groups (broad SMARTS) is 1.